The normalized spacial score (nSPS) is 15.6. The number of para-hydroxylation sites is 1. The predicted molar refractivity (Wildman–Crippen MR) is 220 cm³/mol. The van der Waals surface area contributed by atoms with Crippen LogP contribution in [0, 0.1) is 5.92 Å². The summed E-state index contributed by atoms with van der Waals surface area (Å²) in [5, 5.41) is 8.35. The summed E-state index contributed by atoms with van der Waals surface area (Å²) < 4.78 is 45.5. The van der Waals surface area contributed by atoms with Gasteiger partial charge in [-0.25, -0.2) is 14.5 Å². The molecule has 0 spiro atoms. The third-order valence-electron chi connectivity index (χ3n) is 10.0. The molecule has 18 nitrogen and oxygen atoms in total. The number of anilines is 1. The van der Waals surface area contributed by atoms with Gasteiger partial charge in [-0.05, 0) is 44.2 Å². The first-order valence-electron chi connectivity index (χ1n) is 20.7. The topological polar surface area (TPSA) is 231 Å². The van der Waals surface area contributed by atoms with Crippen LogP contribution in [0.2, 0.25) is 0 Å². The van der Waals surface area contributed by atoms with E-state index in [1.165, 1.54) is 6.33 Å². The Morgan fingerprint density at radius 3 is 2.10 bits per heavy atom. The summed E-state index contributed by atoms with van der Waals surface area (Å²) in [5.74, 6) is 2.29. The maximum absolute atomic E-state index is 13.1. The Morgan fingerprint density at radius 2 is 1.44 bits per heavy atom. The Hall–Kier alpha value is -4.27. The molecule has 1 aliphatic carbocycles. The van der Waals surface area contributed by atoms with Crippen molar-refractivity contribution in [2.45, 2.75) is 50.9 Å². The average molecular weight is 827 g/mol. The number of benzene rings is 1. The zero-order valence-corrected chi connectivity index (χ0v) is 34.3. The van der Waals surface area contributed by atoms with Crippen molar-refractivity contribution in [1.82, 2.24) is 29.9 Å². The first-order chi connectivity index (χ1) is 29.0. The van der Waals surface area contributed by atoms with Gasteiger partial charge in [0.15, 0.2) is 5.82 Å². The number of hydrogen-bond donors (Lipinski definition) is 4. The number of methoxy groups -OCH3 is 1. The third kappa shape index (κ3) is 14.8. The van der Waals surface area contributed by atoms with Gasteiger partial charge in [0, 0.05) is 49.8 Å². The molecule has 18 heteroatoms. The van der Waals surface area contributed by atoms with E-state index in [2.05, 4.69) is 20.4 Å². The lowest BCUT2D eigenvalue weighted by molar-refractivity contribution is -0.124. The van der Waals surface area contributed by atoms with E-state index in [0.717, 1.165) is 53.9 Å². The molecule has 0 unspecified atom stereocenters. The third-order valence-corrected chi connectivity index (χ3v) is 10.0. The molecule has 0 saturated heterocycles. The molecule has 6 N–H and O–H groups in total. The van der Waals surface area contributed by atoms with Gasteiger partial charge in [-0.2, -0.15) is 5.10 Å². The Morgan fingerprint density at radius 1 is 0.814 bits per heavy atom. The lowest BCUT2D eigenvalue weighted by Gasteiger charge is -2.26. The summed E-state index contributed by atoms with van der Waals surface area (Å²) in [7, 11) is 1.65. The largest absolute Gasteiger partial charge is 0.495 e. The summed E-state index contributed by atoms with van der Waals surface area (Å²) >= 11 is 0. The average Bonchev–Trinajstić information content (AvgIpc) is 3.87. The van der Waals surface area contributed by atoms with Gasteiger partial charge in [0.05, 0.1) is 104 Å². The van der Waals surface area contributed by atoms with Crippen LogP contribution in [-0.2, 0) is 42.7 Å². The van der Waals surface area contributed by atoms with Gasteiger partial charge >= 0.3 is 0 Å². The molecule has 0 bridgehead atoms. The number of nitrogens with zero attached hydrogens (tertiary/aromatic N) is 4. The zero-order valence-electron chi connectivity index (χ0n) is 34.3. The Kier molecular flexibility index (Phi) is 20.2. The Balaban J connectivity index is 0.849. The maximum Gasteiger partial charge on any atom is 0.222 e. The monoisotopic (exact) mass is 826 g/mol. The molecule has 0 radical (unpaired) electrons. The van der Waals surface area contributed by atoms with Gasteiger partial charge in [0.1, 0.15) is 34.9 Å². The highest BCUT2D eigenvalue weighted by Gasteiger charge is 2.31. The second-order valence-electron chi connectivity index (χ2n) is 14.1. The minimum Gasteiger partial charge on any atom is -0.495 e. The molecule has 3 aromatic heterocycles. The van der Waals surface area contributed by atoms with Gasteiger partial charge in [0.25, 0.3) is 0 Å². The summed E-state index contributed by atoms with van der Waals surface area (Å²) in [5.41, 5.74) is 14.8. The highest BCUT2D eigenvalue weighted by Crippen LogP contribution is 2.39. The Labute approximate surface area is 345 Å². The second kappa shape index (κ2) is 26.0. The zero-order chi connectivity index (χ0) is 41.5. The molecular weight excluding hydrogens is 764 g/mol. The van der Waals surface area contributed by atoms with Crippen molar-refractivity contribution < 1.29 is 47.5 Å². The first-order valence-corrected chi connectivity index (χ1v) is 20.7. The molecule has 1 amide bonds. The number of nitrogens with two attached hydrogens (primary N) is 2. The van der Waals surface area contributed by atoms with E-state index in [9.17, 15) is 9.59 Å². The van der Waals surface area contributed by atoms with Gasteiger partial charge in [0.2, 0.25) is 5.91 Å². The van der Waals surface area contributed by atoms with Crippen LogP contribution in [0.1, 0.15) is 56.7 Å². The molecule has 3 heterocycles. The summed E-state index contributed by atoms with van der Waals surface area (Å²) in [4.78, 5) is 37.9. The van der Waals surface area contributed by atoms with E-state index in [-0.39, 0.29) is 29.9 Å². The minimum absolute atomic E-state index is 0.0306. The smallest absolute Gasteiger partial charge is 0.222 e. The maximum atomic E-state index is 13.1. The van der Waals surface area contributed by atoms with Crippen LogP contribution >= 0.6 is 0 Å². The molecule has 5 rings (SSSR count). The number of hydrogen-bond acceptors (Lipinski definition) is 15. The van der Waals surface area contributed by atoms with Crippen LogP contribution < -0.4 is 21.5 Å². The standard InChI is InChI=1S/C41H62N8O10/c1-52-35-6-2-4-32-28-33(47-37(32)35)38-39-40(43)45-29-46-49(39)41(48-38)31-9-7-30(8-10-31)34(50)5-3-14-53-18-21-56-17-13-44-36(51)11-15-54-19-22-57-24-26-59-27-25-58-23-20-55-16-12-42/h2,4,6,28-31,47H,3,5,7-27,42H2,1H3,(H,44,51)(H2,43,45,46). The number of aromatic amines is 1. The van der Waals surface area contributed by atoms with Crippen LogP contribution in [0.25, 0.3) is 27.8 Å². The molecule has 59 heavy (non-hydrogen) atoms. The SMILES string of the molecule is COc1cccc2cc(-c3nc(C4CCC(C(=O)CCCOCCOCCNC(=O)CCOCCOCCOCCOCCOCCN)CC4)n4ncnc(N)c34)[nH]c12. The number of ether oxygens (including phenoxy) is 8. The summed E-state index contributed by atoms with van der Waals surface area (Å²) in [6, 6.07) is 7.92. The highest BCUT2D eigenvalue weighted by atomic mass is 16.6. The van der Waals surface area contributed by atoms with Crippen molar-refractivity contribution in [3.8, 4) is 17.1 Å². The lowest BCUT2D eigenvalue weighted by Crippen LogP contribution is -2.28. The van der Waals surface area contributed by atoms with E-state index in [4.69, 9.17) is 54.3 Å². The number of carbonyl (C=O) groups excluding carboxylic acids is 2. The van der Waals surface area contributed by atoms with E-state index in [0.29, 0.717) is 135 Å². The van der Waals surface area contributed by atoms with E-state index >= 15 is 0 Å². The van der Waals surface area contributed by atoms with Crippen molar-refractivity contribution in [2.75, 3.05) is 118 Å². The number of ketones is 1. The minimum atomic E-state index is -0.0996. The molecule has 1 fully saturated rings. The second-order valence-corrected chi connectivity index (χ2v) is 14.1. The number of imidazole rings is 1. The van der Waals surface area contributed by atoms with Gasteiger partial charge in [-0.15, -0.1) is 0 Å². The van der Waals surface area contributed by atoms with Crippen molar-refractivity contribution in [2.24, 2.45) is 11.7 Å². The van der Waals surface area contributed by atoms with Crippen molar-refractivity contribution in [1.29, 1.82) is 0 Å². The van der Waals surface area contributed by atoms with Crippen molar-refractivity contribution in [3.05, 3.63) is 36.4 Å². The fourth-order valence-electron chi connectivity index (χ4n) is 6.98. The number of fused-ring (bicyclic) bond motifs is 2. The number of nitrogen functional groups attached to an aromatic ring is 1. The van der Waals surface area contributed by atoms with E-state index in [1.54, 1.807) is 7.11 Å². The lowest BCUT2D eigenvalue weighted by atomic mass is 9.79. The first kappa shape index (κ1) is 45.8. The molecule has 0 aliphatic heterocycles. The number of amides is 1. The molecule has 326 valence electrons. The van der Waals surface area contributed by atoms with E-state index in [1.807, 2.05) is 28.8 Å². The number of aromatic nitrogens is 5. The van der Waals surface area contributed by atoms with Crippen LogP contribution in [-0.4, -0.2) is 149 Å². The molecular formula is C41H62N8O10. The molecule has 0 atom stereocenters. The Bertz CT molecular complexity index is 1830. The van der Waals surface area contributed by atoms with E-state index < -0.39 is 0 Å². The van der Waals surface area contributed by atoms with Crippen LogP contribution in [0.4, 0.5) is 5.82 Å². The number of H-pyrrole nitrogens is 1. The van der Waals surface area contributed by atoms with Crippen LogP contribution in [0.15, 0.2) is 30.6 Å². The summed E-state index contributed by atoms with van der Waals surface area (Å²) in [6.07, 6.45) is 6.14. The van der Waals surface area contributed by atoms with Gasteiger partial charge in [-0.3, -0.25) is 9.59 Å². The molecule has 1 saturated carbocycles. The fourth-order valence-corrected chi connectivity index (χ4v) is 6.98. The van der Waals surface area contributed by atoms with Crippen molar-refractivity contribution >= 4 is 33.9 Å². The quantitative estimate of drug-likeness (QED) is 0.0535. The van der Waals surface area contributed by atoms with Crippen molar-refractivity contribution in [3.63, 3.8) is 0 Å². The molecule has 4 aromatic rings. The fraction of sp³-hybridized carbons (Fsp3) is 0.634. The number of rotatable bonds is 31. The number of carbonyl (C=O) groups is 2. The van der Waals surface area contributed by atoms with Gasteiger partial charge in [-0.1, -0.05) is 12.1 Å². The number of Topliss-reactive ketones (excluding diaryl/α,β-unsaturated/α-hetero) is 1. The molecule has 1 aromatic carbocycles. The number of nitrogens with one attached hydrogen (secondary N) is 2. The molecule has 1 aliphatic rings. The van der Waals surface area contributed by atoms with Crippen LogP contribution in [0.5, 0.6) is 5.75 Å². The van der Waals surface area contributed by atoms with Crippen LogP contribution in [0.3, 0.4) is 0 Å². The van der Waals surface area contributed by atoms with Gasteiger partial charge < -0.3 is 59.7 Å². The predicted octanol–water partition coefficient (Wildman–Crippen LogP) is 3.07. The summed E-state index contributed by atoms with van der Waals surface area (Å²) in [6.45, 7) is 7.30. The highest BCUT2D eigenvalue weighted by molar-refractivity contribution is 5.93.